The van der Waals surface area contributed by atoms with E-state index in [4.69, 9.17) is 23.7 Å². The number of carbonyl (C=O) groups excluding carboxylic acids is 3. The van der Waals surface area contributed by atoms with Crippen molar-refractivity contribution >= 4 is 17.7 Å². The molecule has 1 heterocycles. The molecule has 1 saturated heterocycles. The Kier molecular flexibility index (Phi) is 11.5. The van der Waals surface area contributed by atoms with Gasteiger partial charge in [-0.05, 0) is 68.4 Å². The third-order valence-electron chi connectivity index (χ3n) is 6.92. The Morgan fingerprint density at radius 1 is 0.821 bits per heavy atom. The van der Waals surface area contributed by atoms with Crippen molar-refractivity contribution in [1.29, 1.82) is 0 Å². The van der Waals surface area contributed by atoms with E-state index in [1.165, 1.54) is 43.9 Å². The number of likely N-dealkylation sites (tertiary alicyclic amines) is 1. The number of Topliss-reactive ketones (excluding diaryl/α,β-unsaturated/α-hetero) is 1. The molecule has 0 N–H and O–H groups in total. The van der Waals surface area contributed by atoms with Crippen molar-refractivity contribution < 1.29 is 38.1 Å². The van der Waals surface area contributed by atoms with E-state index in [0.29, 0.717) is 31.7 Å². The Morgan fingerprint density at radius 2 is 1.49 bits per heavy atom. The van der Waals surface area contributed by atoms with Gasteiger partial charge < -0.3 is 28.6 Å². The lowest BCUT2D eigenvalue weighted by Gasteiger charge is -2.33. The zero-order chi connectivity index (χ0) is 28.2. The number of piperidine rings is 1. The molecule has 1 unspecified atom stereocenters. The molecule has 3 rings (SSSR count). The fraction of sp³-hybridized carbons (Fsp3) is 0.500. The summed E-state index contributed by atoms with van der Waals surface area (Å²) in [6.07, 6.45) is 6.72. The molecule has 2 aromatic carbocycles. The monoisotopic (exact) mass is 541 g/mol. The topological polar surface area (TPSA) is 101 Å². The van der Waals surface area contributed by atoms with Gasteiger partial charge in [-0.2, -0.15) is 0 Å². The summed E-state index contributed by atoms with van der Waals surface area (Å²) in [6, 6.07) is 10.2. The number of nitrogens with zero attached hydrogens (tertiary/aromatic N) is 1. The van der Waals surface area contributed by atoms with Gasteiger partial charge in [0.2, 0.25) is 5.75 Å². The van der Waals surface area contributed by atoms with Crippen molar-refractivity contribution in [3.63, 3.8) is 0 Å². The summed E-state index contributed by atoms with van der Waals surface area (Å²) in [4.78, 5) is 40.6. The standard InChI is InChI=1S/C30H39NO8/c1-35-23-15-13-21(14-16-23)11-7-5-6-10-18-39-30(34)24-12-8-9-17-31(24)29(33)27(32)22-19-25(36-2)28(38-4)26(20-22)37-3/h13-16,19-20,24H,5-12,17-18H2,1-4H3. The molecule has 0 bridgehead atoms. The Hall–Kier alpha value is -3.75. The van der Waals surface area contributed by atoms with E-state index >= 15 is 0 Å². The summed E-state index contributed by atoms with van der Waals surface area (Å²) >= 11 is 0. The molecule has 1 aliphatic rings. The summed E-state index contributed by atoms with van der Waals surface area (Å²) in [7, 11) is 5.98. The van der Waals surface area contributed by atoms with Gasteiger partial charge in [0.1, 0.15) is 11.8 Å². The molecular weight excluding hydrogens is 502 g/mol. The van der Waals surface area contributed by atoms with Gasteiger partial charge in [0.25, 0.3) is 11.7 Å². The van der Waals surface area contributed by atoms with Crippen molar-refractivity contribution in [1.82, 2.24) is 4.90 Å². The summed E-state index contributed by atoms with van der Waals surface area (Å²) in [5.74, 6) is -0.235. The summed E-state index contributed by atoms with van der Waals surface area (Å²) in [5.41, 5.74) is 1.37. The molecular formula is C30H39NO8. The van der Waals surface area contributed by atoms with Crippen LogP contribution in [0.3, 0.4) is 0 Å². The summed E-state index contributed by atoms with van der Waals surface area (Å²) < 4.78 is 26.6. The zero-order valence-electron chi connectivity index (χ0n) is 23.3. The number of ketones is 1. The Morgan fingerprint density at radius 3 is 2.10 bits per heavy atom. The quantitative estimate of drug-likeness (QED) is 0.148. The van der Waals surface area contributed by atoms with Crippen LogP contribution in [0.2, 0.25) is 0 Å². The smallest absolute Gasteiger partial charge is 0.328 e. The first-order valence-electron chi connectivity index (χ1n) is 13.4. The normalized spacial score (nSPS) is 14.9. The number of benzene rings is 2. The first kappa shape index (κ1) is 29.8. The van der Waals surface area contributed by atoms with E-state index in [1.807, 2.05) is 12.1 Å². The van der Waals surface area contributed by atoms with Crippen LogP contribution < -0.4 is 18.9 Å². The molecule has 0 saturated carbocycles. The molecule has 39 heavy (non-hydrogen) atoms. The van der Waals surface area contributed by atoms with Crippen molar-refractivity contribution in [2.24, 2.45) is 0 Å². The van der Waals surface area contributed by atoms with Gasteiger partial charge in [-0.3, -0.25) is 9.59 Å². The van der Waals surface area contributed by atoms with Crippen LogP contribution in [0.5, 0.6) is 23.0 Å². The third kappa shape index (κ3) is 7.88. The van der Waals surface area contributed by atoms with Crippen LogP contribution in [0.15, 0.2) is 36.4 Å². The number of unbranched alkanes of at least 4 members (excludes halogenated alkanes) is 3. The van der Waals surface area contributed by atoms with E-state index in [-0.39, 0.29) is 17.1 Å². The maximum absolute atomic E-state index is 13.2. The number of rotatable bonds is 14. The fourth-order valence-electron chi connectivity index (χ4n) is 4.73. The predicted molar refractivity (Wildman–Crippen MR) is 146 cm³/mol. The molecule has 212 valence electrons. The van der Waals surface area contributed by atoms with E-state index < -0.39 is 23.7 Å². The van der Waals surface area contributed by atoms with Crippen LogP contribution in [-0.2, 0) is 20.7 Å². The second-order valence-electron chi connectivity index (χ2n) is 9.43. The number of methoxy groups -OCH3 is 4. The van der Waals surface area contributed by atoms with Crippen molar-refractivity contribution in [2.45, 2.75) is 57.4 Å². The molecule has 1 amide bonds. The number of carbonyl (C=O) groups is 3. The largest absolute Gasteiger partial charge is 0.497 e. The number of hydrogen-bond donors (Lipinski definition) is 0. The minimum Gasteiger partial charge on any atom is -0.497 e. The van der Waals surface area contributed by atoms with Crippen LogP contribution >= 0.6 is 0 Å². The molecule has 1 fully saturated rings. The Balaban J connectivity index is 1.50. The van der Waals surface area contributed by atoms with Crippen LogP contribution in [0, 0.1) is 0 Å². The van der Waals surface area contributed by atoms with Gasteiger partial charge in [0.15, 0.2) is 11.5 Å². The number of hydrogen-bond acceptors (Lipinski definition) is 8. The van der Waals surface area contributed by atoms with Crippen LogP contribution in [-0.4, -0.2) is 70.2 Å². The van der Waals surface area contributed by atoms with Crippen molar-refractivity contribution in [2.75, 3.05) is 41.6 Å². The first-order valence-corrected chi connectivity index (χ1v) is 13.4. The highest BCUT2D eigenvalue weighted by molar-refractivity contribution is 6.43. The molecule has 0 aromatic heterocycles. The lowest BCUT2D eigenvalue weighted by Crippen LogP contribution is -2.51. The summed E-state index contributed by atoms with van der Waals surface area (Å²) in [5, 5.41) is 0. The van der Waals surface area contributed by atoms with Gasteiger partial charge in [0.05, 0.1) is 35.0 Å². The van der Waals surface area contributed by atoms with E-state index in [1.54, 1.807) is 7.11 Å². The third-order valence-corrected chi connectivity index (χ3v) is 6.92. The molecule has 2 aromatic rings. The van der Waals surface area contributed by atoms with E-state index in [0.717, 1.165) is 44.3 Å². The molecule has 1 atom stereocenters. The molecule has 1 aliphatic heterocycles. The minimum absolute atomic E-state index is 0.0989. The lowest BCUT2D eigenvalue weighted by molar-refractivity contribution is -0.155. The zero-order valence-corrected chi connectivity index (χ0v) is 23.3. The average molecular weight is 542 g/mol. The Bertz CT molecular complexity index is 1090. The second-order valence-corrected chi connectivity index (χ2v) is 9.43. The Labute approximate surface area is 230 Å². The van der Waals surface area contributed by atoms with Gasteiger partial charge >= 0.3 is 5.97 Å². The molecule has 0 radical (unpaired) electrons. The van der Waals surface area contributed by atoms with Crippen molar-refractivity contribution in [3.05, 3.63) is 47.5 Å². The van der Waals surface area contributed by atoms with Crippen LogP contribution in [0.4, 0.5) is 0 Å². The van der Waals surface area contributed by atoms with Crippen LogP contribution in [0.1, 0.15) is 60.9 Å². The molecule has 9 nitrogen and oxygen atoms in total. The highest BCUT2D eigenvalue weighted by Gasteiger charge is 2.36. The first-order chi connectivity index (χ1) is 18.9. The van der Waals surface area contributed by atoms with Crippen LogP contribution in [0.25, 0.3) is 0 Å². The lowest BCUT2D eigenvalue weighted by atomic mass is 10.00. The van der Waals surface area contributed by atoms with Gasteiger partial charge in [-0.25, -0.2) is 4.79 Å². The average Bonchev–Trinajstić information content (AvgIpc) is 2.99. The molecule has 9 heteroatoms. The minimum atomic E-state index is -0.771. The number of aryl methyl sites for hydroxylation is 1. The van der Waals surface area contributed by atoms with Gasteiger partial charge in [0, 0.05) is 12.1 Å². The maximum Gasteiger partial charge on any atom is 0.328 e. The number of esters is 1. The van der Waals surface area contributed by atoms with E-state index in [2.05, 4.69) is 12.1 Å². The molecule has 0 aliphatic carbocycles. The fourth-order valence-corrected chi connectivity index (χ4v) is 4.73. The molecule has 0 spiro atoms. The van der Waals surface area contributed by atoms with Crippen molar-refractivity contribution in [3.8, 4) is 23.0 Å². The van der Waals surface area contributed by atoms with Gasteiger partial charge in [-0.15, -0.1) is 0 Å². The number of amides is 1. The van der Waals surface area contributed by atoms with E-state index in [9.17, 15) is 14.4 Å². The highest BCUT2D eigenvalue weighted by atomic mass is 16.5. The maximum atomic E-state index is 13.2. The summed E-state index contributed by atoms with van der Waals surface area (Å²) in [6.45, 7) is 0.612. The second kappa shape index (κ2) is 15.0. The highest BCUT2D eigenvalue weighted by Crippen LogP contribution is 2.38. The SMILES string of the molecule is COc1ccc(CCCCCCOC(=O)C2CCCCN2C(=O)C(=O)c2cc(OC)c(OC)c(OC)c2)cc1. The van der Waals surface area contributed by atoms with Gasteiger partial charge in [-0.1, -0.05) is 25.0 Å². The number of ether oxygens (including phenoxy) is 5. The predicted octanol–water partition coefficient (Wildman–Crippen LogP) is 4.63.